The number of nitrogens with one attached hydrogen (secondary N) is 1. The maximum absolute atomic E-state index is 13.7. The normalized spacial score (nSPS) is 17.3. The number of hydrogen-bond donors (Lipinski definition) is 1. The molecule has 0 saturated carbocycles. The summed E-state index contributed by atoms with van der Waals surface area (Å²) in [6, 6.07) is 6.83. The first-order valence-electron chi connectivity index (χ1n) is 7.24. The lowest BCUT2D eigenvalue weighted by molar-refractivity contribution is 0.00429. The summed E-state index contributed by atoms with van der Waals surface area (Å²) < 4.78 is 19.0. The molecule has 1 N–H and O–H groups in total. The summed E-state index contributed by atoms with van der Waals surface area (Å²) >= 11 is 0. The number of halogens is 1. The number of amides is 1. The largest absolute Gasteiger partial charge is 0.444 e. The van der Waals surface area contributed by atoms with E-state index in [0.717, 1.165) is 0 Å². The highest BCUT2D eigenvalue weighted by molar-refractivity contribution is 5.69. The van der Waals surface area contributed by atoms with Crippen molar-refractivity contribution in [3.05, 3.63) is 35.6 Å². The molecule has 0 unspecified atom stereocenters. The minimum Gasteiger partial charge on any atom is -0.444 e. The van der Waals surface area contributed by atoms with E-state index in [-0.39, 0.29) is 24.0 Å². The molecule has 21 heavy (non-hydrogen) atoms. The number of carbonyl (C=O) groups is 1. The second-order valence-electron chi connectivity index (χ2n) is 6.49. The van der Waals surface area contributed by atoms with Crippen LogP contribution in [0.4, 0.5) is 9.18 Å². The Morgan fingerprint density at radius 3 is 2.57 bits per heavy atom. The average molecular weight is 294 g/mol. The van der Waals surface area contributed by atoms with Crippen molar-refractivity contribution in [2.45, 2.75) is 45.4 Å². The molecule has 1 saturated heterocycles. The van der Waals surface area contributed by atoms with Gasteiger partial charge in [0.05, 0.1) is 0 Å². The van der Waals surface area contributed by atoms with Crippen molar-refractivity contribution in [1.29, 1.82) is 0 Å². The molecule has 0 aromatic heterocycles. The fourth-order valence-electron chi connectivity index (χ4n) is 2.33. The lowest BCUT2D eigenvalue weighted by Gasteiger charge is -2.41. The SMILES string of the molecule is C[C@@H](NC1CN(C(=O)OC(C)(C)C)C1)c1ccccc1F. The summed E-state index contributed by atoms with van der Waals surface area (Å²) in [5.41, 5.74) is 0.170. The summed E-state index contributed by atoms with van der Waals surface area (Å²) in [6.07, 6.45) is -0.293. The van der Waals surface area contributed by atoms with Crippen LogP contribution in [0.25, 0.3) is 0 Å². The van der Waals surface area contributed by atoms with Crippen LogP contribution in [0.3, 0.4) is 0 Å². The molecule has 1 amide bonds. The van der Waals surface area contributed by atoms with E-state index in [1.807, 2.05) is 33.8 Å². The monoisotopic (exact) mass is 294 g/mol. The number of nitrogens with zero attached hydrogens (tertiary/aromatic N) is 1. The minimum absolute atomic E-state index is 0.0861. The Balaban J connectivity index is 1.81. The van der Waals surface area contributed by atoms with E-state index in [1.54, 1.807) is 17.0 Å². The van der Waals surface area contributed by atoms with Gasteiger partial charge in [0, 0.05) is 30.7 Å². The molecule has 1 aliphatic rings. The molecule has 0 radical (unpaired) electrons. The number of hydrogen-bond acceptors (Lipinski definition) is 3. The van der Waals surface area contributed by atoms with Gasteiger partial charge in [0.1, 0.15) is 11.4 Å². The van der Waals surface area contributed by atoms with Crippen LogP contribution >= 0.6 is 0 Å². The fourth-order valence-corrected chi connectivity index (χ4v) is 2.33. The van der Waals surface area contributed by atoms with Crippen molar-refractivity contribution >= 4 is 6.09 Å². The van der Waals surface area contributed by atoms with Gasteiger partial charge >= 0.3 is 6.09 Å². The third-order valence-electron chi connectivity index (χ3n) is 3.39. The van der Waals surface area contributed by atoms with E-state index in [0.29, 0.717) is 18.7 Å². The smallest absolute Gasteiger partial charge is 0.410 e. The highest BCUT2D eigenvalue weighted by Crippen LogP contribution is 2.20. The van der Waals surface area contributed by atoms with Crippen LogP contribution in [0, 0.1) is 5.82 Å². The summed E-state index contributed by atoms with van der Waals surface area (Å²) in [7, 11) is 0. The molecule has 1 atom stereocenters. The Labute approximate surface area is 125 Å². The van der Waals surface area contributed by atoms with Gasteiger partial charge in [0.15, 0.2) is 0 Å². The molecule has 1 heterocycles. The van der Waals surface area contributed by atoms with Gasteiger partial charge in [-0.2, -0.15) is 0 Å². The predicted octanol–water partition coefficient (Wildman–Crippen LogP) is 3.10. The lowest BCUT2D eigenvalue weighted by atomic mass is 10.0. The number of carbonyl (C=O) groups excluding carboxylic acids is 1. The van der Waals surface area contributed by atoms with Crippen LogP contribution in [0.15, 0.2) is 24.3 Å². The summed E-state index contributed by atoms with van der Waals surface area (Å²) in [5, 5.41) is 3.33. The molecule has 0 bridgehead atoms. The Hall–Kier alpha value is -1.62. The van der Waals surface area contributed by atoms with Crippen molar-refractivity contribution in [3.63, 3.8) is 0 Å². The molecule has 116 valence electrons. The van der Waals surface area contributed by atoms with E-state index >= 15 is 0 Å². The Morgan fingerprint density at radius 2 is 2.00 bits per heavy atom. The third-order valence-corrected chi connectivity index (χ3v) is 3.39. The van der Waals surface area contributed by atoms with Crippen LogP contribution in [0.5, 0.6) is 0 Å². The molecule has 4 nitrogen and oxygen atoms in total. The zero-order chi connectivity index (χ0) is 15.6. The number of ether oxygens (including phenoxy) is 1. The number of rotatable bonds is 3. The van der Waals surface area contributed by atoms with Crippen molar-refractivity contribution in [2.75, 3.05) is 13.1 Å². The maximum atomic E-state index is 13.7. The van der Waals surface area contributed by atoms with Crippen molar-refractivity contribution in [3.8, 4) is 0 Å². The zero-order valence-corrected chi connectivity index (χ0v) is 13.0. The lowest BCUT2D eigenvalue weighted by Crippen LogP contribution is -2.60. The third kappa shape index (κ3) is 4.17. The van der Waals surface area contributed by atoms with Gasteiger partial charge in [0.25, 0.3) is 0 Å². The van der Waals surface area contributed by atoms with E-state index in [9.17, 15) is 9.18 Å². The maximum Gasteiger partial charge on any atom is 0.410 e. The Kier molecular flexibility index (Phi) is 4.52. The highest BCUT2D eigenvalue weighted by Gasteiger charge is 2.34. The van der Waals surface area contributed by atoms with Crippen LogP contribution < -0.4 is 5.32 Å². The highest BCUT2D eigenvalue weighted by atomic mass is 19.1. The molecular weight excluding hydrogens is 271 g/mol. The molecular formula is C16H23FN2O2. The summed E-state index contributed by atoms with van der Waals surface area (Å²) in [6.45, 7) is 8.65. The zero-order valence-electron chi connectivity index (χ0n) is 13.0. The van der Waals surface area contributed by atoms with Crippen molar-refractivity contribution in [1.82, 2.24) is 10.2 Å². The van der Waals surface area contributed by atoms with Gasteiger partial charge in [-0.05, 0) is 33.8 Å². The molecule has 0 aliphatic carbocycles. The Bertz CT molecular complexity index is 507. The van der Waals surface area contributed by atoms with Crippen LogP contribution in [0.2, 0.25) is 0 Å². The first-order valence-corrected chi connectivity index (χ1v) is 7.24. The molecule has 0 spiro atoms. The summed E-state index contributed by atoms with van der Waals surface area (Å²) in [5.74, 6) is -0.208. The molecule has 5 heteroatoms. The Morgan fingerprint density at radius 1 is 1.38 bits per heavy atom. The molecule has 1 aromatic carbocycles. The van der Waals surface area contributed by atoms with Crippen LogP contribution in [0.1, 0.15) is 39.3 Å². The number of benzene rings is 1. The van der Waals surface area contributed by atoms with Gasteiger partial charge < -0.3 is 15.0 Å². The van der Waals surface area contributed by atoms with Crippen LogP contribution in [-0.2, 0) is 4.74 Å². The topological polar surface area (TPSA) is 41.6 Å². The van der Waals surface area contributed by atoms with Crippen LogP contribution in [-0.4, -0.2) is 35.7 Å². The minimum atomic E-state index is -0.476. The molecule has 1 aromatic rings. The molecule has 2 rings (SSSR count). The van der Waals surface area contributed by atoms with Gasteiger partial charge in [-0.1, -0.05) is 18.2 Å². The summed E-state index contributed by atoms with van der Waals surface area (Å²) in [4.78, 5) is 13.5. The van der Waals surface area contributed by atoms with Gasteiger partial charge in [-0.15, -0.1) is 0 Å². The van der Waals surface area contributed by atoms with Gasteiger partial charge in [-0.3, -0.25) is 0 Å². The van der Waals surface area contributed by atoms with Crippen molar-refractivity contribution < 1.29 is 13.9 Å². The van der Waals surface area contributed by atoms with E-state index in [4.69, 9.17) is 4.74 Å². The van der Waals surface area contributed by atoms with E-state index < -0.39 is 5.60 Å². The van der Waals surface area contributed by atoms with E-state index in [1.165, 1.54) is 6.07 Å². The average Bonchev–Trinajstić information content (AvgIpc) is 2.31. The van der Waals surface area contributed by atoms with Gasteiger partial charge in [0.2, 0.25) is 0 Å². The second kappa shape index (κ2) is 6.02. The fraction of sp³-hybridized carbons (Fsp3) is 0.562. The van der Waals surface area contributed by atoms with Gasteiger partial charge in [-0.25, -0.2) is 9.18 Å². The second-order valence-corrected chi connectivity index (χ2v) is 6.49. The van der Waals surface area contributed by atoms with Crippen molar-refractivity contribution in [2.24, 2.45) is 0 Å². The molecule has 1 fully saturated rings. The standard InChI is InChI=1S/C16H23FN2O2/c1-11(13-7-5-6-8-14(13)17)18-12-9-19(10-12)15(20)21-16(2,3)4/h5-8,11-12,18H,9-10H2,1-4H3/t11-/m1/s1. The molecule has 1 aliphatic heterocycles. The first-order chi connectivity index (χ1) is 9.76. The van der Waals surface area contributed by atoms with E-state index in [2.05, 4.69) is 5.32 Å². The first kappa shape index (κ1) is 15.8. The quantitative estimate of drug-likeness (QED) is 0.931. The number of likely N-dealkylation sites (tertiary alicyclic amines) is 1. The predicted molar refractivity (Wildman–Crippen MR) is 79.5 cm³/mol.